The molecular weight excluding hydrogens is 273 g/mol. The van der Waals surface area contributed by atoms with E-state index in [0.29, 0.717) is 15.9 Å². The van der Waals surface area contributed by atoms with Crippen LogP contribution in [0.25, 0.3) is 0 Å². The fraction of sp³-hybridized carbons (Fsp3) is 0.167. The van der Waals surface area contributed by atoms with Gasteiger partial charge in [0.2, 0.25) is 0 Å². The third kappa shape index (κ3) is 2.49. The second-order valence-electron chi connectivity index (χ2n) is 3.67. The largest absolute Gasteiger partial charge is 0.307 e. The van der Waals surface area contributed by atoms with Crippen LogP contribution in [0.1, 0.15) is 22.8 Å². The monoisotopic (exact) mass is 283 g/mol. The second-order valence-corrected chi connectivity index (χ2v) is 4.49. The molecule has 2 aromatic rings. The predicted octanol–water partition coefficient (Wildman–Crippen LogP) is 3.53. The molecule has 18 heavy (non-hydrogen) atoms. The van der Waals surface area contributed by atoms with Crippen LogP contribution in [-0.2, 0) is 6.42 Å². The number of aryl methyl sites for hydroxylation is 1. The summed E-state index contributed by atoms with van der Waals surface area (Å²) in [6.45, 7) is 1.98. The smallest absolute Gasteiger partial charge is 0.259 e. The van der Waals surface area contributed by atoms with Crippen LogP contribution in [0.4, 0.5) is 5.82 Å². The molecule has 0 bridgehead atoms. The van der Waals surface area contributed by atoms with Crippen LogP contribution in [0.3, 0.4) is 0 Å². The normalized spacial score (nSPS) is 10.4. The Morgan fingerprint density at radius 2 is 2.06 bits per heavy atom. The van der Waals surface area contributed by atoms with Crippen molar-refractivity contribution in [2.75, 3.05) is 5.32 Å². The molecule has 94 valence electrons. The number of hydrogen-bond acceptors (Lipinski definition) is 2. The highest BCUT2D eigenvalue weighted by Gasteiger charge is 2.16. The highest BCUT2D eigenvalue weighted by Crippen LogP contribution is 2.25. The summed E-state index contributed by atoms with van der Waals surface area (Å²) >= 11 is 11.9. The molecule has 0 spiro atoms. The van der Waals surface area contributed by atoms with Crippen LogP contribution in [-0.4, -0.2) is 16.1 Å². The quantitative estimate of drug-likeness (QED) is 0.905. The van der Waals surface area contributed by atoms with E-state index in [1.807, 2.05) is 6.92 Å². The van der Waals surface area contributed by atoms with Gasteiger partial charge in [-0.05, 0) is 18.6 Å². The van der Waals surface area contributed by atoms with Crippen LogP contribution in [0, 0.1) is 0 Å². The summed E-state index contributed by atoms with van der Waals surface area (Å²) in [5.74, 6) is 0.211. The van der Waals surface area contributed by atoms with Crippen molar-refractivity contribution in [3.8, 4) is 0 Å². The molecule has 0 atom stereocenters. The van der Waals surface area contributed by atoms with Crippen molar-refractivity contribution in [3.05, 3.63) is 45.6 Å². The van der Waals surface area contributed by atoms with Crippen LogP contribution in [0.15, 0.2) is 24.4 Å². The van der Waals surface area contributed by atoms with Crippen LogP contribution in [0.2, 0.25) is 10.0 Å². The van der Waals surface area contributed by atoms with E-state index in [9.17, 15) is 4.79 Å². The standard InChI is InChI=1S/C12H11Cl2N3O/c1-2-7-6-15-17-11(7)16-12(18)10-8(13)4-3-5-9(10)14/h3-6H,2H2,1H3,(H2,15,16,17,18). The van der Waals surface area contributed by atoms with Gasteiger partial charge in [0.1, 0.15) is 5.82 Å². The van der Waals surface area contributed by atoms with Gasteiger partial charge in [0.05, 0.1) is 21.8 Å². The average molecular weight is 284 g/mol. The zero-order valence-electron chi connectivity index (χ0n) is 9.63. The van der Waals surface area contributed by atoms with Crippen molar-refractivity contribution < 1.29 is 4.79 Å². The minimum atomic E-state index is -0.357. The van der Waals surface area contributed by atoms with E-state index >= 15 is 0 Å². The Hall–Kier alpha value is -1.52. The summed E-state index contributed by atoms with van der Waals surface area (Å²) in [5, 5.41) is 9.95. The number of anilines is 1. The number of carbonyl (C=O) groups is 1. The molecule has 0 aliphatic heterocycles. The number of carbonyl (C=O) groups excluding carboxylic acids is 1. The fourth-order valence-corrected chi connectivity index (χ4v) is 2.15. The van der Waals surface area contributed by atoms with Gasteiger partial charge in [0, 0.05) is 5.56 Å². The number of rotatable bonds is 3. The molecule has 0 saturated carbocycles. The Balaban J connectivity index is 2.28. The van der Waals surface area contributed by atoms with Gasteiger partial charge in [-0.1, -0.05) is 36.2 Å². The lowest BCUT2D eigenvalue weighted by Crippen LogP contribution is -2.14. The zero-order chi connectivity index (χ0) is 13.1. The van der Waals surface area contributed by atoms with Crippen LogP contribution >= 0.6 is 23.2 Å². The number of H-pyrrole nitrogens is 1. The molecule has 1 heterocycles. The lowest BCUT2D eigenvalue weighted by Gasteiger charge is -2.07. The van der Waals surface area contributed by atoms with E-state index < -0.39 is 0 Å². The van der Waals surface area contributed by atoms with Crippen molar-refractivity contribution in [2.24, 2.45) is 0 Å². The molecule has 0 fully saturated rings. The van der Waals surface area contributed by atoms with Crippen LogP contribution in [0.5, 0.6) is 0 Å². The number of nitrogens with zero attached hydrogens (tertiary/aromatic N) is 1. The number of amides is 1. The van der Waals surface area contributed by atoms with E-state index in [-0.39, 0.29) is 11.5 Å². The minimum absolute atomic E-state index is 0.262. The van der Waals surface area contributed by atoms with Crippen LogP contribution < -0.4 is 5.32 Å². The van der Waals surface area contributed by atoms with E-state index in [0.717, 1.165) is 12.0 Å². The van der Waals surface area contributed by atoms with Gasteiger partial charge in [-0.3, -0.25) is 9.89 Å². The molecule has 0 radical (unpaired) electrons. The van der Waals surface area contributed by atoms with E-state index in [2.05, 4.69) is 15.5 Å². The molecule has 4 nitrogen and oxygen atoms in total. The highest BCUT2D eigenvalue weighted by molar-refractivity contribution is 6.40. The first-order chi connectivity index (χ1) is 8.63. The molecule has 0 aliphatic carbocycles. The van der Waals surface area contributed by atoms with Crippen molar-refractivity contribution in [1.82, 2.24) is 10.2 Å². The Morgan fingerprint density at radius 1 is 1.39 bits per heavy atom. The number of halogens is 2. The average Bonchev–Trinajstić information content (AvgIpc) is 2.76. The van der Waals surface area contributed by atoms with Crippen molar-refractivity contribution in [2.45, 2.75) is 13.3 Å². The zero-order valence-corrected chi connectivity index (χ0v) is 11.1. The van der Waals surface area contributed by atoms with E-state index in [1.165, 1.54) is 0 Å². The Kier molecular flexibility index (Phi) is 3.89. The molecule has 1 aromatic heterocycles. The van der Waals surface area contributed by atoms with E-state index in [4.69, 9.17) is 23.2 Å². The van der Waals surface area contributed by atoms with Crippen molar-refractivity contribution in [3.63, 3.8) is 0 Å². The third-order valence-electron chi connectivity index (χ3n) is 2.53. The first-order valence-electron chi connectivity index (χ1n) is 5.41. The maximum atomic E-state index is 12.1. The number of hydrogen-bond donors (Lipinski definition) is 2. The summed E-state index contributed by atoms with van der Waals surface area (Å²) in [7, 11) is 0. The topological polar surface area (TPSA) is 57.8 Å². The summed E-state index contributed by atoms with van der Waals surface area (Å²) in [5.41, 5.74) is 1.18. The summed E-state index contributed by atoms with van der Waals surface area (Å²) < 4.78 is 0. The lowest BCUT2D eigenvalue weighted by atomic mass is 10.2. The summed E-state index contributed by atoms with van der Waals surface area (Å²) in [4.78, 5) is 12.1. The first kappa shape index (κ1) is 12.9. The minimum Gasteiger partial charge on any atom is -0.307 e. The van der Waals surface area contributed by atoms with Gasteiger partial charge in [-0.15, -0.1) is 0 Å². The molecule has 1 aromatic carbocycles. The lowest BCUT2D eigenvalue weighted by molar-refractivity contribution is 0.102. The first-order valence-corrected chi connectivity index (χ1v) is 6.16. The van der Waals surface area contributed by atoms with Gasteiger partial charge in [-0.2, -0.15) is 5.10 Å². The molecule has 0 saturated heterocycles. The summed E-state index contributed by atoms with van der Waals surface area (Å²) in [6, 6.07) is 4.93. The van der Waals surface area contributed by atoms with Gasteiger partial charge in [-0.25, -0.2) is 0 Å². The molecule has 1 amide bonds. The summed E-state index contributed by atoms with van der Waals surface area (Å²) in [6.07, 6.45) is 2.44. The Labute approximate surface area is 114 Å². The number of aromatic amines is 1. The second kappa shape index (κ2) is 5.42. The van der Waals surface area contributed by atoms with Crippen molar-refractivity contribution in [1.29, 1.82) is 0 Å². The third-order valence-corrected chi connectivity index (χ3v) is 3.16. The number of nitrogens with one attached hydrogen (secondary N) is 2. The fourth-order valence-electron chi connectivity index (χ4n) is 1.58. The highest BCUT2D eigenvalue weighted by atomic mass is 35.5. The SMILES string of the molecule is CCc1cn[nH]c1NC(=O)c1c(Cl)cccc1Cl. The van der Waals surface area contributed by atoms with Gasteiger partial charge >= 0.3 is 0 Å². The molecular formula is C12H11Cl2N3O. The predicted molar refractivity (Wildman–Crippen MR) is 72.4 cm³/mol. The molecule has 2 N–H and O–H groups in total. The number of aromatic nitrogens is 2. The molecule has 0 aliphatic rings. The maximum Gasteiger partial charge on any atom is 0.259 e. The van der Waals surface area contributed by atoms with E-state index in [1.54, 1.807) is 24.4 Å². The molecule has 2 rings (SSSR count). The van der Waals surface area contributed by atoms with Gasteiger partial charge in [0.15, 0.2) is 0 Å². The van der Waals surface area contributed by atoms with Gasteiger partial charge in [0.25, 0.3) is 5.91 Å². The maximum absolute atomic E-state index is 12.1. The van der Waals surface area contributed by atoms with Crippen molar-refractivity contribution >= 4 is 34.9 Å². The number of benzene rings is 1. The van der Waals surface area contributed by atoms with Gasteiger partial charge < -0.3 is 5.32 Å². The Bertz CT molecular complexity index is 560. The molecule has 0 unspecified atom stereocenters. The molecule has 6 heteroatoms. The Morgan fingerprint density at radius 3 is 2.67 bits per heavy atom.